The van der Waals surface area contributed by atoms with Gasteiger partial charge in [-0.15, -0.1) is 0 Å². The van der Waals surface area contributed by atoms with Gasteiger partial charge in [-0.1, -0.05) is 194 Å². The van der Waals surface area contributed by atoms with Crippen molar-refractivity contribution in [3.05, 3.63) is 255 Å². The highest BCUT2D eigenvalue weighted by Crippen LogP contribution is 2.40. The van der Waals surface area contributed by atoms with Crippen LogP contribution in [0.1, 0.15) is 0 Å². The molecule has 0 amide bonds. The van der Waals surface area contributed by atoms with Crippen LogP contribution in [-0.2, 0) is 0 Å². The summed E-state index contributed by atoms with van der Waals surface area (Å²) >= 11 is 0. The average molecular weight is 811 g/mol. The fraction of sp³-hybridized carbons (Fsp3) is 0. The molecule has 0 saturated carbocycles. The Kier molecular flexibility index (Phi) is 9.28. The maximum absolute atomic E-state index is 2.39. The Balaban J connectivity index is 1.07. The van der Waals surface area contributed by atoms with E-state index in [2.05, 4.69) is 255 Å². The molecule has 0 bridgehead atoms. The van der Waals surface area contributed by atoms with Crippen LogP contribution in [0.15, 0.2) is 255 Å². The molecule has 0 fully saturated rings. The molecule has 0 nitrogen and oxygen atoms in total. The Labute approximate surface area is 374 Å². The van der Waals surface area contributed by atoms with Gasteiger partial charge in [-0.2, -0.15) is 0 Å². The van der Waals surface area contributed by atoms with E-state index in [1.54, 1.807) is 0 Å². The Bertz CT molecular complexity index is 3470. The van der Waals surface area contributed by atoms with Gasteiger partial charge < -0.3 is 0 Å². The molecule has 0 radical (unpaired) electrons. The van der Waals surface area contributed by atoms with Gasteiger partial charge in [0.05, 0.1) is 0 Å². The van der Waals surface area contributed by atoms with E-state index in [0.29, 0.717) is 0 Å². The highest BCUT2D eigenvalue weighted by atomic mass is 14.2. The lowest BCUT2D eigenvalue weighted by molar-refractivity contribution is 1.54. The molecule has 0 heteroatoms. The third-order valence-corrected chi connectivity index (χ3v) is 13.0. The first kappa shape index (κ1) is 37.4. The van der Waals surface area contributed by atoms with Crippen molar-refractivity contribution in [3.63, 3.8) is 0 Å². The summed E-state index contributed by atoms with van der Waals surface area (Å²) < 4.78 is 0. The molecule has 0 aromatic heterocycles. The lowest BCUT2D eigenvalue weighted by Gasteiger charge is -2.16. The summed E-state index contributed by atoms with van der Waals surface area (Å²) in [6.45, 7) is 0. The highest BCUT2D eigenvalue weighted by Gasteiger charge is 2.14. The Morgan fingerprint density at radius 1 is 0.125 bits per heavy atom. The van der Waals surface area contributed by atoms with Crippen molar-refractivity contribution in [2.75, 3.05) is 0 Å². The molecule has 64 heavy (non-hydrogen) atoms. The number of rotatable bonds is 7. The minimum Gasteiger partial charge on any atom is -0.0622 e. The molecule has 0 aliphatic carbocycles. The van der Waals surface area contributed by atoms with Crippen molar-refractivity contribution in [3.8, 4) is 77.9 Å². The number of hydrogen-bond acceptors (Lipinski definition) is 0. The Morgan fingerprint density at radius 3 is 0.797 bits per heavy atom. The van der Waals surface area contributed by atoms with Gasteiger partial charge in [-0.25, -0.2) is 0 Å². The lowest BCUT2D eigenvalue weighted by Crippen LogP contribution is -1.90. The van der Waals surface area contributed by atoms with Crippen LogP contribution in [0.4, 0.5) is 0 Å². The number of hydrogen-bond donors (Lipinski definition) is 0. The van der Waals surface area contributed by atoms with Crippen LogP contribution >= 0.6 is 0 Å². The molecule has 0 aliphatic rings. The van der Waals surface area contributed by atoms with Crippen molar-refractivity contribution >= 4 is 43.1 Å². The van der Waals surface area contributed by atoms with Gasteiger partial charge in [0.2, 0.25) is 0 Å². The van der Waals surface area contributed by atoms with Gasteiger partial charge in [0.25, 0.3) is 0 Å². The van der Waals surface area contributed by atoms with E-state index in [0.717, 1.165) is 0 Å². The second-order valence-corrected chi connectivity index (χ2v) is 16.9. The lowest BCUT2D eigenvalue weighted by atomic mass is 9.88. The minimum atomic E-state index is 1.17. The maximum Gasteiger partial charge on any atom is -0.0105 e. The predicted molar refractivity (Wildman–Crippen MR) is 275 cm³/mol. The van der Waals surface area contributed by atoms with E-state index >= 15 is 0 Å². The van der Waals surface area contributed by atoms with Gasteiger partial charge in [-0.3, -0.25) is 0 Å². The molecule has 298 valence electrons. The first-order chi connectivity index (χ1) is 31.7. The highest BCUT2D eigenvalue weighted by molar-refractivity contribution is 6.10. The number of fused-ring (bicyclic) bond motifs is 6. The average Bonchev–Trinajstić information content (AvgIpc) is 3.38. The fourth-order valence-electron chi connectivity index (χ4n) is 9.66. The van der Waals surface area contributed by atoms with Crippen LogP contribution < -0.4 is 0 Å². The maximum atomic E-state index is 2.39. The molecule has 0 spiro atoms. The van der Waals surface area contributed by atoms with Gasteiger partial charge in [0, 0.05) is 0 Å². The molecule has 12 aromatic rings. The third kappa shape index (κ3) is 7.02. The van der Waals surface area contributed by atoms with Crippen molar-refractivity contribution in [2.45, 2.75) is 0 Å². The number of benzene rings is 12. The van der Waals surface area contributed by atoms with Crippen molar-refractivity contribution in [1.82, 2.24) is 0 Å². The molecule has 0 atom stereocenters. The van der Waals surface area contributed by atoms with Crippen LogP contribution in [0, 0.1) is 0 Å². The van der Waals surface area contributed by atoms with Gasteiger partial charge in [0.15, 0.2) is 0 Å². The summed E-state index contributed by atoms with van der Waals surface area (Å²) in [5.41, 5.74) is 16.6. The van der Waals surface area contributed by atoms with E-state index < -0.39 is 0 Å². The third-order valence-electron chi connectivity index (χ3n) is 13.0. The summed E-state index contributed by atoms with van der Waals surface area (Å²) in [5.74, 6) is 0. The van der Waals surface area contributed by atoms with Crippen molar-refractivity contribution in [1.29, 1.82) is 0 Å². The van der Waals surface area contributed by atoms with E-state index in [-0.39, 0.29) is 0 Å². The molecule has 0 aliphatic heterocycles. The summed E-state index contributed by atoms with van der Waals surface area (Å²) in [7, 11) is 0. The zero-order valence-electron chi connectivity index (χ0n) is 35.2. The predicted octanol–water partition coefficient (Wildman–Crippen LogP) is 18.0. The van der Waals surface area contributed by atoms with E-state index in [1.165, 1.54) is 121 Å². The summed E-state index contributed by atoms with van der Waals surface area (Å²) in [6.07, 6.45) is 0. The van der Waals surface area contributed by atoms with Crippen LogP contribution in [0.3, 0.4) is 0 Å². The fourth-order valence-corrected chi connectivity index (χ4v) is 9.66. The van der Waals surface area contributed by atoms with Gasteiger partial charge in [0.1, 0.15) is 0 Å². The molecule has 0 N–H and O–H groups in total. The summed E-state index contributed by atoms with van der Waals surface area (Å²) in [4.78, 5) is 0. The SMILES string of the molecule is c1ccc(-c2cccc(-c3cc(-c4cccc(-c5ccccc5)c4)cc(-c4cc(-c5ccc6c(ccc7ccccc76)c5)cc(-c5ccc6c(ccc7ccccc76)c5)c4)c3)c2)cc1. The summed E-state index contributed by atoms with van der Waals surface area (Å²) in [5, 5.41) is 10.1. The molecule has 0 unspecified atom stereocenters. The molecule has 0 heterocycles. The molecule has 0 saturated heterocycles. The zero-order valence-corrected chi connectivity index (χ0v) is 35.2. The largest absolute Gasteiger partial charge is 0.0622 e. The van der Waals surface area contributed by atoms with Crippen LogP contribution in [0.5, 0.6) is 0 Å². The molecular weight excluding hydrogens is 769 g/mol. The minimum absolute atomic E-state index is 1.17. The zero-order chi connectivity index (χ0) is 42.4. The molecule has 12 aromatic carbocycles. The Hall–Kier alpha value is -8.32. The smallest absolute Gasteiger partial charge is 0.0105 e. The monoisotopic (exact) mass is 810 g/mol. The van der Waals surface area contributed by atoms with Crippen LogP contribution in [0.25, 0.3) is 121 Å². The van der Waals surface area contributed by atoms with Crippen LogP contribution in [-0.4, -0.2) is 0 Å². The topological polar surface area (TPSA) is 0 Å². The van der Waals surface area contributed by atoms with E-state index in [4.69, 9.17) is 0 Å². The molecule has 12 rings (SSSR count). The standard InChI is InChI=1S/C64H42/c1-3-13-43(14-4-1)47-19-11-21-49(33-47)55-37-56(50-22-12-20-48(34-50)44-15-5-2-6-16-44)40-59(39-55)60-41-57(51-29-31-63-53(35-51)27-25-45-17-7-9-23-61(45)63)38-58(42-60)52-30-32-64-54(36-52)28-26-46-18-8-10-24-62(46)64/h1-42H. The van der Waals surface area contributed by atoms with Crippen LogP contribution in [0.2, 0.25) is 0 Å². The second kappa shape index (κ2) is 15.9. The van der Waals surface area contributed by atoms with E-state index in [1.807, 2.05) is 0 Å². The normalized spacial score (nSPS) is 11.4. The van der Waals surface area contributed by atoms with Gasteiger partial charge in [-0.05, 0) is 182 Å². The van der Waals surface area contributed by atoms with Crippen molar-refractivity contribution in [2.24, 2.45) is 0 Å². The van der Waals surface area contributed by atoms with Crippen molar-refractivity contribution < 1.29 is 0 Å². The van der Waals surface area contributed by atoms with E-state index in [9.17, 15) is 0 Å². The Morgan fingerprint density at radius 2 is 0.391 bits per heavy atom. The quantitative estimate of drug-likeness (QED) is 0.141. The molecular formula is C64H42. The second-order valence-electron chi connectivity index (χ2n) is 16.9. The summed E-state index contributed by atoms with van der Waals surface area (Å²) in [6, 6.07) is 93.9. The first-order valence-corrected chi connectivity index (χ1v) is 22.1. The first-order valence-electron chi connectivity index (χ1n) is 22.1. The van der Waals surface area contributed by atoms with Gasteiger partial charge >= 0.3 is 0 Å².